The average molecular weight is 362 g/mol. The molecule has 0 aromatic heterocycles. The zero-order valence-electron chi connectivity index (χ0n) is 9.01. The van der Waals surface area contributed by atoms with Crippen molar-refractivity contribution < 1.29 is 19.8 Å². The molecule has 1 rings (SSSR count). The second kappa shape index (κ2) is 7.23. The van der Waals surface area contributed by atoms with Crippen LogP contribution < -0.4 is 0 Å². The van der Waals surface area contributed by atoms with Gasteiger partial charge in [0, 0.05) is 0 Å². The van der Waals surface area contributed by atoms with Crippen LogP contribution in [0.15, 0.2) is 30.3 Å². The van der Waals surface area contributed by atoms with Crippen molar-refractivity contribution in [3.63, 3.8) is 0 Å². The van der Waals surface area contributed by atoms with E-state index in [-0.39, 0.29) is 61.7 Å². The summed E-state index contributed by atoms with van der Waals surface area (Å²) in [7, 11) is 0. The van der Waals surface area contributed by atoms with Gasteiger partial charge in [-0.2, -0.15) is 0 Å². The van der Waals surface area contributed by atoms with Crippen molar-refractivity contribution in [2.45, 2.75) is 19.8 Å². The molecule has 1 aromatic carbocycles. The molecule has 4 nitrogen and oxygen atoms in total. The second-order valence-corrected chi connectivity index (χ2v) is 3.71. The van der Waals surface area contributed by atoms with Gasteiger partial charge < -0.3 is 10.2 Å². The molecule has 0 bridgehead atoms. The van der Waals surface area contributed by atoms with Crippen LogP contribution >= 0.6 is 0 Å². The summed E-state index contributed by atoms with van der Waals surface area (Å²) in [5.74, 6) is -2.57. The van der Waals surface area contributed by atoms with Gasteiger partial charge in [-0.15, -0.1) is 0 Å². The van der Waals surface area contributed by atoms with Gasteiger partial charge in [-0.3, -0.25) is 9.59 Å². The minimum absolute atomic E-state index is 0. The molecular weight excluding hydrogens is 345 g/mol. The van der Waals surface area contributed by atoms with Gasteiger partial charge in [0.2, 0.25) is 0 Å². The fraction of sp³-hybridized carbons (Fsp3) is 0.333. The third kappa shape index (κ3) is 3.86. The van der Waals surface area contributed by atoms with Crippen LogP contribution in [0.4, 0.5) is 0 Å². The Balaban J connectivity index is 0.00000256. The normalized spacial score (nSPS) is 10.4. The predicted molar refractivity (Wildman–Crippen MR) is 66.7 cm³/mol. The molecule has 1 aromatic rings. The SMILES string of the molecule is CCC(Cc1ccccc1)(C(=O)O)C(=O)O.[BaH2]. The van der Waals surface area contributed by atoms with Crippen LogP contribution in [-0.2, 0) is 16.0 Å². The van der Waals surface area contributed by atoms with E-state index in [9.17, 15) is 9.59 Å². The molecule has 0 atom stereocenters. The van der Waals surface area contributed by atoms with Crippen LogP contribution in [0, 0.1) is 5.41 Å². The van der Waals surface area contributed by atoms with Crippen LogP contribution in [0.2, 0.25) is 0 Å². The number of carboxylic acids is 2. The van der Waals surface area contributed by atoms with Gasteiger partial charge in [0.05, 0.1) is 0 Å². The van der Waals surface area contributed by atoms with Crippen molar-refractivity contribution in [1.29, 1.82) is 0 Å². The molecule has 90 valence electrons. The Morgan fingerprint density at radius 1 is 1.12 bits per heavy atom. The number of carbonyl (C=O) groups is 2. The topological polar surface area (TPSA) is 74.6 Å². The van der Waals surface area contributed by atoms with Gasteiger partial charge in [-0.1, -0.05) is 37.3 Å². The standard InChI is InChI=1S/C12H14O4.Ba.2H/c1-2-12(10(13)14,11(15)16)8-9-6-4-3-5-7-9;;;/h3-7H,2,8H2,1H3,(H,13,14)(H,15,16);;;. The first-order valence-electron chi connectivity index (χ1n) is 5.03. The molecule has 0 amide bonds. The molecule has 0 aliphatic rings. The number of hydrogen-bond donors (Lipinski definition) is 2. The maximum absolute atomic E-state index is 11.1. The zero-order valence-corrected chi connectivity index (χ0v) is 9.01. The van der Waals surface area contributed by atoms with E-state index < -0.39 is 17.4 Å². The Hall–Kier alpha value is -0.269. The molecule has 5 heteroatoms. The monoisotopic (exact) mass is 362 g/mol. The van der Waals surface area contributed by atoms with E-state index in [2.05, 4.69) is 0 Å². The van der Waals surface area contributed by atoms with Crippen LogP contribution in [0.25, 0.3) is 0 Å². The van der Waals surface area contributed by atoms with Gasteiger partial charge in [-0.25, -0.2) is 0 Å². The molecule has 0 fully saturated rings. The summed E-state index contributed by atoms with van der Waals surface area (Å²) in [6.07, 6.45) is 0.0710. The summed E-state index contributed by atoms with van der Waals surface area (Å²) >= 11 is 0. The summed E-state index contributed by atoms with van der Waals surface area (Å²) in [5.41, 5.74) is -1.00. The number of rotatable bonds is 5. The van der Waals surface area contributed by atoms with Crippen LogP contribution in [-0.4, -0.2) is 71.0 Å². The van der Waals surface area contributed by atoms with Crippen molar-refractivity contribution in [2.24, 2.45) is 5.41 Å². The Bertz CT molecular complexity index is 375. The molecule has 17 heavy (non-hydrogen) atoms. The van der Waals surface area contributed by atoms with Crippen LogP contribution in [0.5, 0.6) is 0 Å². The van der Waals surface area contributed by atoms with E-state index in [1.807, 2.05) is 0 Å². The van der Waals surface area contributed by atoms with E-state index in [1.165, 1.54) is 0 Å². The van der Waals surface area contributed by atoms with Crippen LogP contribution in [0.1, 0.15) is 18.9 Å². The summed E-state index contributed by atoms with van der Waals surface area (Å²) < 4.78 is 0. The van der Waals surface area contributed by atoms with E-state index in [0.29, 0.717) is 5.56 Å². The zero-order chi connectivity index (χ0) is 12.2. The van der Waals surface area contributed by atoms with E-state index in [1.54, 1.807) is 37.3 Å². The predicted octanol–water partition coefficient (Wildman–Crippen LogP) is 0.878. The Morgan fingerprint density at radius 2 is 1.59 bits per heavy atom. The molecule has 2 N–H and O–H groups in total. The van der Waals surface area contributed by atoms with Crippen molar-refractivity contribution in [3.05, 3.63) is 35.9 Å². The minimum atomic E-state index is -1.72. The van der Waals surface area contributed by atoms with Gasteiger partial charge >= 0.3 is 60.8 Å². The third-order valence-corrected chi connectivity index (χ3v) is 2.77. The van der Waals surface area contributed by atoms with E-state index in [0.717, 1.165) is 0 Å². The van der Waals surface area contributed by atoms with Gasteiger partial charge in [-0.05, 0) is 18.4 Å². The quantitative estimate of drug-likeness (QED) is 0.603. The van der Waals surface area contributed by atoms with Crippen molar-refractivity contribution >= 4 is 60.8 Å². The van der Waals surface area contributed by atoms with E-state index in [4.69, 9.17) is 10.2 Å². The summed E-state index contributed by atoms with van der Waals surface area (Å²) in [6.45, 7) is 1.57. The number of benzene rings is 1. The fourth-order valence-electron chi connectivity index (χ4n) is 1.61. The first kappa shape index (κ1) is 16.7. The van der Waals surface area contributed by atoms with Crippen molar-refractivity contribution in [3.8, 4) is 0 Å². The van der Waals surface area contributed by atoms with Crippen molar-refractivity contribution in [1.82, 2.24) is 0 Å². The maximum atomic E-state index is 11.1. The van der Waals surface area contributed by atoms with Gasteiger partial charge in [0.15, 0.2) is 5.41 Å². The first-order chi connectivity index (χ1) is 7.53. The number of carboxylic acid groups (broad SMARTS) is 2. The van der Waals surface area contributed by atoms with E-state index >= 15 is 0 Å². The Labute approximate surface area is 140 Å². The van der Waals surface area contributed by atoms with Gasteiger partial charge in [0.1, 0.15) is 0 Å². The molecule has 0 unspecified atom stereocenters. The Morgan fingerprint density at radius 3 is 1.94 bits per heavy atom. The fourth-order valence-corrected chi connectivity index (χ4v) is 1.61. The summed E-state index contributed by atoms with van der Waals surface area (Å²) in [4.78, 5) is 22.2. The molecular formula is C12H16BaO4. The molecule has 0 saturated heterocycles. The number of aliphatic carboxylic acids is 2. The Kier molecular flexibility index (Phi) is 7.11. The summed E-state index contributed by atoms with van der Waals surface area (Å²) in [5, 5.41) is 18.1. The average Bonchev–Trinajstić information content (AvgIpc) is 2.26. The summed E-state index contributed by atoms with van der Waals surface area (Å²) in [6, 6.07) is 8.80. The molecule has 0 aliphatic carbocycles. The van der Waals surface area contributed by atoms with Crippen LogP contribution in [0.3, 0.4) is 0 Å². The second-order valence-electron chi connectivity index (χ2n) is 3.71. The molecule has 0 heterocycles. The molecule has 0 spiro atoms. The molecule has 0 radical (unpaired) electrons. The number of hydrogen-bond acceptors (Lipinski definition) is 2. The van der Waals surface area contributed by atoms with Gasteiger partial charge in [0.25, 0.3) is 0 Å². The molecule has 0 aliphatic heterocycles. The third-order valence-electron chi connectivity index (χ3n) is 2.77. The van der Waals surface area contributed by atoms with Crippen molar-refractivity contribution in [2.75, 3.05) is 0 Å². The molecule has 0 saturated carbocycles. The first-order valence-corrected chi connectivity index (χ1v) is 5.03.